The molecule has 0 aliphatic heterocycles. The van der Waals surface area contributed by atoms with Crippen LogP contribution >= 0.6 is 0 Å². The van der Waals surface area contributed by atoms with Gasteiger partial charge in [-0.05, 0) is 43.1 Å². The zero-order chi connectivity index (χ0) is 16.2. The van der Waals surface area contributed by atoms with Crippen molar-refractivity contribution >= 4 is 0 Å². The van der Waals surface area contributed by atoms with Gasteiger partial charge in [-0.1, -0.05) is 49.6 Å². The highest BCUT2D eigenvalue weighted by Crippen LogP contribution is 2.41. The van der Waals surface area contributed by atoms with Crippen LogP contribution in [-0.4, -0.2) is 27.8 Å². The van der Waals surface area contributed by atoms with Gasteiger partial charge in [0, 0.05) is 12.6 Å². The fourth-order valence-electron chi connectivity index (χ4n) is 4.43. The van der Waals surface area contributed by atoms with Crippen molar-refractivity contribution in [3.63, 3.8) is 0 Å². The molecule has 2 aliphatic carbocycles. The first kappa shape index (κ1) is 15.8. The van der Waals surface area contributed by atoms with Crippen molar-refractivity contribution < 1.29 is 0 Å². The van der Waals surface area contributed by atoms with E-state index in [1.807, 2.05) is 0 Å². The number of hydrogen-bond acceptors (Lipinski definition) is 3. The summed E-state index contributed by atoms with van der Waals surface area (Å²) in [6.45, 7) is 0.929. The van der Waals surface area contributed by atoms with E-state index in [4.69, 9.17) is 0 Å². The van der Waals surface area contributed by atoms with Crippen molar-refractivity contribution in [2.24, 2.45) is 11.8 Å². The number of H-pyrrole nitrogens is 1. The van der Waals surface area contributed by atoms with Gasteiger partial charge in [-0.15, -0.1) is 0 Å². The van der Waals surface area contributed by atoms with E-state index in [-0.39, 0.29) is 5.92 Å². The van der Waals surface area contributed by atoms with Crippen LogP contribution < -0.4 is 5.32 Å². The Morgan fingerprint density at radius 3 is 2.38 bits per heavy atom. The Balaban J connectivity index is 1.34. The van der Waals surface area contributed by atoms with Gasteiger partial charge in [0.1, 0.15) is 12.2 Å². The van der Waals surface area contributed by atoms with E-state index < -0.39 is 0 Å². The average Bonchev–Trinajstić information content (AvgIpc) is 3.10. The second kappa shape index (κ2) is 7.47. The molecule has 1 heterocycles. The second-order valence-corrected chi connectivity index (χ2v) is 7.54. The van der Waals surface area contributed by atoms with Crippen LogP contribution in [0, 0.1) is 11.8 Å². The predicted molar refractivity (Wildman–Crippen MR) is 95.8 cm³/mol. The van der Waals surface area contributed by atoms with Crippen molar-refractivity contribution in [1.29, 1.82) is 0 Å². The lowest BCUT2D eigenvalue weighted by molar-refractivity contribution is 0.147. The van der Waals surface area contributed by atoms with Crippen LogP contribution in [-0.2, 0) is 0 Å². The molecular formula is C20H28N4. The maximum atomic E-state index is 4.40. The quantitative estimate of drug-likeness (QED) is 0.847. The number of aromatic nitrogens is 3. The summed E-state index contributed by atoms with van der Waals surface area (Å²) >= 11 is 0. The van der Waals surface area contributed by atoms with E-state index in [1.165, 1.54) is 50.5 Å². The van der Waals surface area contributed by atoms with E-state index in [0.29, 0.717) is 6.04 Å². The maximum Gasteiger partial charge on any atom is 0.137 e. The first-order valence-corrected chi connectivity index (χ1v) is 9.53. The van der Waals surface area contributed by atoms with Gasteiger partial charge in [0.25, 0.3) is 0 Å². The molecule has 1 aromatic heterocycles. The summed E-state index contributed by atoms with van der Waals surface area (Å²) < 4.78 is 0. The van der Waals surface area contributed by atoms with Gasteiger partial charge in [0.2, 0.25) is 0 Å². The van der Waals surface area contributed by atoms with E-state index >= 15 is 0 Å². The number of rotatable bonds is 6. The molecule has 4 nitrogen and oxygen atoms in total. The van der Waals surface area contributed by atoms with Crippen LogP contribution in [0.1, 0.15) is 62.3 Å². The van der Waals surface area contributed by atoms with Gasteiger partial charge >= 0.3 is 0 Å². The Bertz CT molecular complexity index is 598. The standard InChI is InChI=1S/C20H28N4/c1-2-5-17(6-3-1)19(20-22-14-23-24-20)13-21-18-11-9-16(10-12-18)15-7-4-8-15/h1-3,5-6,14-16,18-19,21H,4,7-13H2,(H,22,23,24). The van der Waals surface area contributed by atoms with Crippen LogP contribution in [0.2, 0.25) is 0 Å². The van der Waals surface area contributed by atoms with Crippen molar-refractivity contribution in [2.45, 2.75) is 56.9 Å². The Kier molecular flexibility index (Phi) is 4.93. The van der Waals surface area contributed by atoms with E-state index in [1.54, 1.807) is 6.33 Å². The molecule has 2 aromatic rings. The molecule has 128 valence electrons. The number of hydrogen-bond donors (Lipinski definition) is 2. The van der Waals surface area contributed by atoms with Crippen LogP contribution in [0.3, 0.4) is 0 Å². The molecule has 0 saturated heterocycles. The summed E-state index contributed by atoms with van der Waals surface area (Å²) in [5.74, 6) is 3.27. The SMILES string of the molecule is c1ccc(C(CNC2CCC(C3CCC3)CC2)c2ncn[nH]2)cc1. The summed E-state index contributed by atoms with van der Waals surface area (Å²) in [6, 6.07) is 11.3. The topological polar surface area (TPSA) is 53.6 Å². The van der Waals surface area contributed by atoms with E-state index in [9.17, 15) is 0 Å². The fraction of sp³-hybridized carbons (Fsp3) is 0.600. The highest BCUT2D eigenvalue weighted by molar-refractivity contribution is 5.25. The van der Waals surface area contributed by atoms with Crippen molar-refractivity contribution in [1.82, 2.24) is 20.5 Å². The minimum atomic E-state index is 0.248. The van der Waals surface area contributed by atoms with Crippen molar-refractivity contribution in [3.8, 4) is 0 Å². The molecule has 0 radical (unpaired) electrons. The molecule has 4 heteroatoms. The van der Waals surface area contributed by atoms with Gasteiger partial charge in [-0.25, -0.2) is 4.98 Å². The molecule has 2 N–H and O–H groups in total. The van der Waals surface area contributed by atoms with Crippen LogP contribution in [0.25, 0.3) is 0 Å². The minimum Gasteiger partial charge on any atom is -0.313 e. The summed E-state index contributed by atoms with van der Waals surface area (Å²) in [4.78, 5) is 4.40. The molecular weight excluding hydrogens is 296 g/mol. The third kappa shape index (κ3) is 3.54. The summed E-state index contributed by atoms with van der Waals surface area (Å²) in [5, 5.41) is 10.9. The monoisotopic (exact) mass is 324 g/mol. The first-order valence-electron chi connectivity index (χ1n) is 9.53. The van der Waals surface area contributed by atoms with Gasteiger partial charge in [-0.2, -0.15) is 5.10 Å². The number of aromatic amines is 1. The highest BCUT2D eigenvalue weighted by atomic mass is 15.2. The first-order chi connectivity index (χ1) is 11.9. The smallest absolute Gasteiger partial charge is 0.137 e. The Morgan fingerprint density at radius 1 is 1.00 bits per heavy atom. The van der Waals surface area contributed by atoms with Gasteiger partial charge in [-0.3, -0.25) is 5.10 Å². The molecule has 4 rings (SSSR count). The highest BCUT2D eigenvalue weighted by Gasteiger charge is 2.31. The molecule has 1 atom stereocenters. The lowest BCUT2D eigenvalue weighted by Crippen LogP contribution is -2.38. The van der Waals surface area contributed by atoms with E-state index in [2.05, 4.69) is 50.8 Å². The van der Waals surface area contributed by atoms with Crippen LogP contribution in [0.15, 0.2) is 36.7 Å². The van der Waals surface area contributed by atoms with E-state index in [0.717, 1.165) is 24.2 Å². The largest absolute Gasteiger partial charge is 0.313 e. The zero-order valence-corrected chi connectivity index (χ0v) is 14.3. The second-order valence-electron chi connectivity index (χ2n) is 7.54. The Morgan fingerprint density at radius 2 is 1.75 bits per heavy atom. The molecule has 1 aromatic carbocycles. The third-order valence-electron chi connectivity index (χ3n) is 6.16. The Hall–Kier alpha value is -1.68. The fourth-order valence-corrected chi connectivity index (χ4v) is 4.43. The van der Waals surface area contributed by atoms with Gasteiger partial charge < -0.3 is 5.32 Å². The number of nitrogens with zero attached hydrogens (tertiary/aromatic N) is 2. The average molecular weight is 324 g/mol. The molecule has 24 heavy (non-hydrogen) atoms. The molecule has 0 spiro atoms. The molecule has 2 fully saturated rings. The van der Waals surface area contributed by atoms with Crippen molar-refractivity contribution in [3.05, 3.63) is 48.0 Å². The molecule has 1 unspecified atom stereocenters. The van der Waals surface area contributed by atoms with Crippen molar-refractivity contribution in [2.75, 3.05) is 6.54 Å². The number of nitrogens with one attached hydrogen (secondary N) is 2. The third-order valence-corrected chi connectivity index (χ3v) is 6.16. The lowest BCUT2D eigenvalue weighted by atomic mass is 9.69. The van der Waals surface area contributed by atoms with Crippen LogP contribution in [0.4, 0.5) is 0 Å². The zero-order valence-electron chi connectivity index (χ0n) is 14.3. The maximum absolute atomic E-state index is 4.40. The summed E-state index contributed by atoms with van der Waals surface area (Å²) in [6.07, 6.45) is 11.6. The summed E-state index contributed by atoms with van der Waals surface area (Å²) in [5.41, 5.74) is 1.30. The molecule has 2 aliphatic rings. The normalized spacial score (nSPS) is 26.0. The lowest BCUT2D eigenvalue weighted by Gasteiger charge is -2.39. The predicted octanol–water partition coefficient (Wildman–Crippen LogP) is 3.89. The molecule has 0 amide bonds. The summed E-state index contributed by atoms with van der Waals surface area (Å²) in [7, 11) is 0. The Labute approximate surface area is 144 Å². The van der Waals surface area contributed by atoms with Gasteiger partial charge in [0.15, 0.2) is 0 Å². The number of benzene rings is 1. The van der Waals surface area contributed by atoms with Crippen LogP contribution in [0.5, 0.6) is 0 Å². The van der Waals surface area contributed by atoms with Gasteiger partial charge in [0.05, 0.1) is 5.92 Å². The molecule has 0 bridgehead atoms. The molecule has 2 saturated carbocycles. The minimum absolute atomic E-state index is 0.248.